The molecule has 96 valence electrons. The molecule has 1 rings (SSSR count). The van der Waals surface area contributed by atoms with Crippen molar-refractivity contribution in [2.24, 2.45) is 16.0 Å². The summed E-state index contributed by atoms with van der Waals surface area (Å²) in [6.07, 6.45) is 0.206. The number of hydrazone groups is 1. The van der Waals surface area contributed by atoms with E-state index in [4.69, 9.17) is 22.5 Å². The summed E-state index contributed by atoms with van der Waals surface area (Å²) in [6, 6.07) is 6.72. The molecule has 0 aliphatic heterocycles. The fourth-order valence-corrected chi connectivity index (χ4v) is 1.25. The number of halogens is 1. The molecule has 6 nitrogen and oxygen atoms in total. The van der Waals surface area contributed by atoms with Gasteiger partial charge in [-0.3, -0.25) is 10.2 Å². The lowest BCUT2D eigenvalue weighted by molar-refractivity contribution is -0.112. The van der Waals surface area contributed by atoms with E-state index in [1.54, 1.807) is 31.2 Å². The molecule has 0 saturated heterocycles. The predicted octanol–water partition coefficient (Wildman–Crippen LogP) is 1.83. The van der Waals surface area contributed by atoms with Crippen LogP contribution in [0.25, 0.3) is 0 Å². The van der Waals surface area contributed by atoms with Crippen LogP contribution >= 0.6 is 11.6 Å². The Morgan fingerprint density at radius 2 is 2.06 bits per heavy atom. The van der Waals surface area contributed by atoms with Crippen LogP contribution in [0, 0.1) is 0 Å². The molecule has 7 heteroatoms. The number of nitrogens with two attached hydrogens (primary N) is 1. The number of amidine groups is 1. The maximum atomic E-state index is 11.5. The number of nitrogens with zero attached hydrogens (tertiary/aromatic N) is 2. The first-order chi connectivity index (χ1) is 8.58. The van der Waals surface area contributed by atoms with Crippen molar-refractivity contribution in [1.29, 1.82) is 0 Å². The van der Waals surface area contributed by atoms with Crippen LogP contribution in [-0.4, -0.2) is 22.5 Å². The van der Waals surface area contributed by atoms with Crippen LogP contribution in [0.15, 0.2) is 34.5 Å². The molecule has 1 aromatic rings. The van der Waals surface area contributed by atoms with Gasteiger partial charge in [-0.05, 0) is 24.3 Å². The molecule has 0 radical (unpaired) electrons. The minimum Gasteiger partial charge on any atom is -0.409 e. The van der Waals surface area contributed by atoms with Crippen molar-refractivity contribution in [2.45, 2.75) is 13.3 Å². The molecule has 4 N–H and O–H groups in total. The number of hydrogen-bond donors (Lipinski definition) is 3. The van der Waals surface area contributed by atoms with E-state index >= 15 is 0 Å². The number of hydrogen-bond acceptors (Lipinski definition) is 5. The Hall–Kier alpha value is -2.08. The quantitative estimate of drug-likeness (QED) is 0.328. The number of Topliss-reactive ketones (excluding diaryl/α,β-unsaturated/α-hetero) is 1. The second kappa shape index (κ2) is 6.61. The van der Waals surface area contributed by atoms with E-state index in [2.05, 4.69) is 15.7 Å². The minimum absolute atomic E-state index is 0.116. The first-order valence-corrected chi connectivity index (χ1v) is 5.56. The average molecular weight is 269 g/mol. The van der Waals surface area contributed by atoms with Crippen LogP contribution < -0.4 is 11.2 Å². The number of benzene rings is 1. The van der Waals surface area contributed by atoms with Gasteiger partial charge in [-0.25, -0.2) is 0 Å². The maximum Gasteiger partial charge on any atom is 0.194 e. The topological polar surface area (TPSA) is 100 Å². The third-order valence-corrected chi connectivity index (χ3v) is 2.33. The molecule has 18 heavy (non-hydrogen) atoms. The third kappa shape index (κ3) is 3.74. The van der Waals surface area contributed by atoms with Crippen molar-refractivity contribution in [3.8, 4) is 0 Å². The lowest BCUT2D eigenvalue weighted by atomic mass is 10.2. The number of anilines is 1. The largest absolute Gasteiger partial charge is 0.409 e. The Bertz CT molecular complexity index is 482. The fourth-order valence-electron chi connectivity index (χ4n) is 1.12. The molecule has 0 bridgehead atoms. The highest BCUT2D eigenvalue weighted by Gasteiger charge is 2.14. The van der Waals surface area contributed by atoms with Crippen molar-refractivity contribution in [1.82, 2.24) is 0 Å². The maximum absolute atomic E-state index is 11.5. The first-order valence-electron chi connectivity index (χ1n) is 5.18. The van der Waals surface area contributed by atoms with Gasteiger partial charge in [-0.15, -0.1) is 0 Å². The van der Waals surface area contributed by atoms with Crippen LogP contribution in [0.3, 0.4) is 0 Å². The second-order valence-corrected chi connectivity index (χ2v) is 3.78. The molecule has 0 unspecified atom stereocenters. The SMILES string of the molecule is CCC(=O)C(=N/Nc1ccc(Cl)cc1)/C(N)=N/O. The molecule has 0 atom stereocenters. The molecule has 0 fully saturated rings. The summed E-state index contributed by atoms with van der Waals surface area (Å²) in [5.41, 5.74) is 8.52. The van der Waals surface area contributed by atoms with Crippen LogP contribution in [-0.2, 0) is 4.79 Å². The molecular formula is C11H13ClN4O2. The summed E-state index contributed by atoms with van der Waals surface area (Å²) in [4.78, 5) is 11.5. The molecule has 1 aromatic carbocycles. The molecule has 0 aromatic heterocycles. The summed E-state index contributed by atoms with van der Waals surface area (Å²) < 4.78 is 0. The summed E-state index contributed by atoms with van der Waals surface area (Å²) in [5.74, 6) is -0.657. The standard InChI is InChI=1S/C11H13ClN4O2/c1-2-9(17)10(11(13)16-18)15-14-8-5-3-7(12)4-6-8/h3-6,14,18H,2H2,1H3,(H2,13,16)/b15-10-. The molecule has 0 amide bonds. The highest BCUT2D eigenvalue weighted by atomic mass is 35.5. The highest BCUT2D eigenvalue weighted by molar-refractivity contribution is 6.66. The van der Waals surface area contributed by atoms with Gasteiger partial charge >= 0.3 is 0 Å². The lowest BCUT2D eigenvalue weighted by Crippen LogP contribution is -2.31. The van der Waals surface area contributed by atoms with E-state index in [9.17, 15) is 4.79 Å². The molecule has 0 aliphatic rings. The first kappa shape index (κ1) is 14.0. The van der Waals surface area contributed by atoms with Gasteiger partial charge in [0, 0.05) is 11.4 Å². The fraction of sp³-hybridized carbons (Fsp3) is 0.182. The van der Waals surface area contributed by atoms with Gasteiger partial charge in [0.25, 0.3) is 0 Å². The Labute approximate surface area is 109 Å². The zero-order chi connectivity index (χ0) is 13.5. The van der Waals surface area contributed by atoms with Gasteiger partial charge in [-0.2, -0.15) is 5.10 Å². The Kier molecular flexibility index (Phi) is 5.13. The van der Waals surface area contributed by atoms with E-state index in [1.165, 1.54) is 0 Å². The number of carbonyl (C=O) groups excluding carboxylic acids is 1. The second-order valence-electron chi connectivity index (χ2n) is 3.34. The lowest BCUT2D eigenvalue weighted by Gasteiger charge is -2.04. The van der Waals surface area contributed by atoms with Gasteiger partial charge in [-0.1, -0.05) is 23.7 Å². The molecule has 0 spiro atoms. The van der Waals surface area contributed by atoms with Gasteiger partial charge in [0.1, 0.15) is 0 Å². The number of rotatable bonds is 5. The predicted molar refractivity (Wildman–Crippen MR) is 71.2 cm³/mol. The van der Waals surface area contributed by atoms with E-state index in [0.717, 1.165) is 0 Å². The van der Waals surface area contributed by atoms with Crippen molar-refractivity contribution < 1.29 is 10.0 Å². The van der Waals surface area contributed by atoms with Crippen LogP contribution in [0.5, 0.6) is 0 Å². The van der Waals surface area contributed by atoms with Crippen LogP contribution in [0.2, 0.25) is 5.02 Å². The molecule has 0 saturated carbocycles. The summed E-state index contributed by atoms with van der Waals surface area (Å²) in [6.45, 7) is 1.66. The number of oxime groups is 1. The number of ketones is 1. The van der Waals surface area contributed by atoms with E-state index < -0.39 is 0 Å². The molecule has 0 heterocycles. The Morgan fingerprint density at radius 1 is 1.44 bits per heavy atom. The average Bonchev–Trinajstić information content (AvgIpc) is 2.40. The smallest absolute Gasteiger partial charge is 0.194 e. The molecular weight excluding hydrogens is 256 g/mol. The van der Waals surface area contributed by atoms with E-state index in [-0.39, 0.29) is 23.8 Å². The van der Waals surface area contributed by atoms with Gasteiger partial charge in [0.15, 0.2) is 17.3 Å². The zero-order valence-corrected chi connectivity index (χ0v) is 10.5. The summed E-state index contributed by atoms with van der Waals surface area (Å²) in [7, 11) is 0. The van der Waals surface area contributed by atoms with Gasteiger partial charge in [0.05, 0.1) is 5.69 Å². The summed E-state index contributed by atoms with van der Waals surface area (Å²) >= 11 is 5.73. The van der Waals surface area contributed by atoms with Gasteiger partial charge in [0.2, 0.25) is 0 Å². The molecule has 0 aliphatic carbocycles. The van der Waals surface area contributed by atoms with Crippen molar-refractivity contribution in [3.63, 3.8) is 0 Å². The van der Waals surface area contributed by atoms with Crippen LogP contribution in [0.1, 0.15) is 13.3 Å². The number of nitrogens with one attached hydrogen (secondary N) is 1. The van der Waals surface area contributed by atoms with Crippen LogP contribution in [0.4, 0.5) is 5.69 Å². The third-order valence-electron chi connectivity index (χ3n) is 2.08. The number of carbonyl (C=O) groups is 1. The normalized spacial score (nSPS) is 12.3. The van der Waals surface area contributed by atoms with Gasteiger partial charge < -0.3 is 10.9 Å². The van der Waals surface area contributed by atoms with E-state index in [1.807, 2.05) is 0 Å². The Morgan fingerprint density at radius 3 is 2.56 bits per heavy atom. The van der Waals surface area contributed by atoms with Crippen molar-refractivity contribution >= 4 is 34.6 Å². The van der Waals surface area contributed by atoms with E-state index in [0.29, 0.717) is 10.7 Å². The van der Waals surface area contributed by atoms with Crippen molar-refractivity contribution in [2.75, 3.05) is 5.43 Å². The Balaban J connectivity index is 2.90. The zero-order valence-electron chi connectivity index (χ0n) is 9.72. The minimum atomic E-state index is -0.330. The summed E-state index contributed by atoms with van der Waals surface area (Å²) in [5, 5.41) is 15.7. The monoisotopic (exact) mass is 268 g/mol. The van der Waals surface area contributed by atoms with Crippen molar-refractivity contribution in [3.05, 3.63) is 29.3 Å². The highest BCUT2D eigenvalue weighted by Crippen LogP contribution is 2.13.